The third kappa shape index (κ3) is 4.01. The summed E-state index contributed by atoms with van der Waals surface area (Å²) in [5, 5.41) is 2.82. The van der Waals surface area contributed by atoms with Crippen LogP contribution in [0.1, 0.15) is 46.8 Å². The maximum absolute atomic E-state index is 12.8. The Morgan fingerprint density at radius 2 is 1.86 bits per heavy atom. The van der Waals surface area contributed by atoms with Gasteiger partial charge in [-0.2, -0.15) is 0 Å². The van der Waals surface area contributed by atoms with Gasteiger partial charge in [0.2, 0.25) is 5.91 Å². The first-order valence-electron chi connectivity index (χ1n) is 9.86. The Labute approximate surface area is 164 Å². The Morgan fingerprint density at radius 1 is 1.11 bits per heavy atom. The molecule has 146 valence electrons. The number of ether oxygens (including phenoxy) is 1. The van der Waals surface area contributed by atoms with Crippen LogP contribution in [-0.2, 0) is 4.79 Å². The van der Waals surface area contributed by atoms with Crippen molar-refractivity contribution in [2.75, 3.05) is 19.6 Å². The topological polar surface area (TPSA) is 71.5 Å². The van der Waals surface area contributed by atoms with E-state index < -0.39 is 0 Å². The number of aromatic nitrogens is 1. The van der Waals surface area contributed by atoms with E-state index in [1.165, 1.54) is 5.56 Å². The van der Waals surface area contributed by atoms with Crippen molar-refractivity contribution in [1.82, 2.24) is 15.2 Å². The Balaban J connectivity index is 1.32. The lowest BCUT2D eigenvalue weighted by Gasteiger charge is -2.32. The lowest BCUT2D eigenvalue weighted by molar-refractivity contribution is -0.120. The van der Waals surface area contributed by atoms with Gasteiger partial charge in [-0.05, 0) is 37.6 Å². The van der Waals surface area contributed by atoms with Crippen molar-refractivity contribution >= 4 is 11.8 Å². The van der Waals surface area contributed by atoms with E-state index in [-0.39, 0.29) is 23.8 Å². The van der Waals surface area contributed by atoms with Gasteiger partial charge in [0.1, 0.15) is 11.9 Å². The zero-order valence-corrected chi connectivity index (χ0v) is 16.1. The molecule has 0 saturated carbocycles. The molecule has 2 amide bonds. The predicted octanol–water partition coefficient (Wildman–Crippen LogP) is 2.68. The molecule has 0 spiro atoms. The molecule has 2 aliphatic rings. The molecule has 0 aliphatic carbocycles. The van der Waals surface area contributed by atoms with Crippen LogP contribution in [-0.4, -0.2) is 47.4 Å². The first-order chi connectivity index (χ1) is 13.6. The Kier molecular flexibility index (Phi) is 5.28. The fourth-order valence-corrected chi connectivity index (χ4v) is 3.78. The zero-order valence-electron chi connectivity index (χ0n) is 16.1. The van der Waals surface area contributed by atoms with Crippen molar-refractivity contribution in [3.05, 3.63) is 59.4 Å². The van der Waals surface area contributed by atoms with Crippen LogP contribution in [0.15, 0.2) is 42.6 Å². The number of nitrogens with zero attached hydrogens (tertiary/aromatic N) is 2. The molecule has 4 rings (SSSR count). The van der Waals surface area contributed by atoms with Crippen molar-refractivity contribution < 1.29 is 14.3 Å². The number of likely N-dealkylation sites (tertiary alicyclic amines) is 1. The largest absolute Gasteiger partial charge is 0.490 e. The lowest BCUT2D eigenvalue weighted by atomic mass is 10.0. The predicted molar refractivity (Wildman–Crippen MR) is 105 cm³/mol. The molecule has 2 aliphatic heterocycles. The van der Waals surface area contributed by atoms with E-state index in [1.54, 1.807) is 18.3 Å². The second kappa shape index (κ2) is 8.00. The highest BCUT2D eigenvalue weighted by Crippen LogP contribution is 2.23. The van der Waals surface area contributed by atoms with Gasteiger partial charge in [-0.25, -0.2) is 0 Å². The standard InChI is InChI=1S/C22H25N3O3/c1-15-2-5-17(6-3-15)28-18-9-12-25(13-10-18)22(27)16-4-7-20(24-14-16)19-8-11-23-21(19)26/h2-7,14,18-19H,8-13H2,1H3,(H,23,26). The molecule has 28 heavy (non-hydrogen) atoms. The number of nitrogens with one attached hydrogen (secondary N) is 1. The molecule has 2 saturated heterocycles. The lowest BCUT2D eigenvalue weighted by Crippen LogP contribution is -2.41. The summed E-state index contributed by atoms with van der Waals surface area (Å²) >= 11 is 0. The first-order valence-corrected chi connectivity index (χ1v) is 9.86. The number of rotatable bonds is 4. The number of hydrogen-bond acceptors (Lipinski definition) is 4. The van der Waals surface area contributed by atoms with Crippen LogP contribution in [0.5, 0.6) is 5.75 Å². The number of aryl methyl sites for hydroxylation is 1. The van der Waals surface area contributed by atoms with Gasteiger partial charge < -0.3 is 15.0 Å². The SMILES string of the molecule is Cc1ccc(OC2CCN(C(=O)c3ccc(C4CCNC4=O)nc3)CC2)cc1. The minimum atomic E-state index is -0.196. The average Bonchev–Trinajstić information content (AvgIpc) is 3.16. The first kappa shape index (κ1) is 18.5. The molecule has 0 radical (unpaired) electrons. The van der Waals surface area contributed by atoms with Crippen molar-refractivity contribution in [2.24, 2.45) is 0 Å². The Hall–Kier alpha value is -2.89. The maximum atomic E-state index is 12.8. The summed E-state index contributed by atoms with van der Waals surface area (Å²) in [5.41, 5.74) is 2.51. The minimum absolute atomic E-state index is 0.0105. The highest BCUT2D eigenvalue weighted by atomic mass is 16.5. The molecule has 1 aromatic carbocycles. The van der Waals surface area contributed by atoms with Crippen molar-refractivity contribution in [3.63, 3.8) is 0 Å². The average molecular weight is 379 g/mol. The molecule has 1 N–H and O–H groups in total. The molecule has 1 unspecified atom stereocenters. The van der Waals surface area contributed by atoms with Crippen LogP contribution in [0, 0.1) is 6.92 Å². The molecular weight excluding hydrogens is 354 g/mol. The van der Waals surface area contributed by atoms with Crippen molar-refractivity contribution in [1.29, 1.82) is 0 Å². The minimum Gasteiger partial charge on any atom is -0.490 e. The third-order valence-electron chi connectivity index (χ3n) is 5.49. The number of carbonyl (C=O) groups is 2. The van der Waals surface area contributed by atoms with E-state index in [4.69, 9.17) is 4.74 Å². The smallest absolute Gasteiger partial charge is 0.255 e. The van der Waals surface area contributed by atoms with Gasteiger partial charge in [-0.15, -0.1) is 0 Å². The number of carbonyl (C=O) groups excluding carboxylic acids is 2. The quantitative estimate of drug-likeness (QED) is 0.887. The highest BCUT2D eigenvalue weighted by molar-refractivity contribution is 5.94. The fraction of sp³-hybridized carbons (Fsp3) is 0.409. The molecular formula is C22H25N3O3. The van der Waals surface area contributed by atoms with E-state index >= 15 is 0 Å². The molecule has 1 aromatic heterocycles. The molecule has 6 heteroatoms. The van der Waals surface area contributed by atoms with Crippen LogP contribution in [0.25, 0.3) is 0 Å². The summed E-state index contributed by atoms with van der Waals surface area (Å²) in [6.07, 6.45) is 4.11. The number of pyridine rings is 1. The summed E-state index contributed by atoms with van der Waals surface area (Å²) in [6, 6.07) is 11.6. The number of piperidine rings is 1. The third-order valence-corrected chi connectivity index (χ3v) is 5.49. The van der Waals surface area contributed by atoms with E-state index in [0.717, 1.165) is 30.7 Å². The van der Waals surface area contributed by atoms with Crippen LogP contribution in [0.2, 0.25) is 0 Å². The summed E-state index contributed by atoms with van der Waals surface area (Å²) in [6.45, 7) is 4.08. The fourth-order valence-electron chi connectivity index (χ4n) is 3.78. The molecule has 6 nitrogen and oxygen atoms in total. The zero-order chi connectivity index (χ0) is 19.5. The highest BCUT2D eigenvalue weighted by Gasteiger charge is 2.28. The summed E-state index contributed by atoms with van der Waals surface area (Å²) in [7, 11) is 0. The van der Waals surface area contributed by atoms with Crippen LogP contribution >= 0.6 is 0 Å². The molecule has 2 aromatic rings. The van der Waals surface area contributed by atoms with Gasteiger partial charge in [-0.1, -0.05) is 17.7 Å². The van der Waals surface area contributed by atoms with E-state index in [1.807, 2.05) is 29.2 Å². The summed E-state index contributed by atoms with van der Waals surface area (Å²) in [4.78, 5) is 30.8. The summed E-state index contributed by atoms with van der Waals surface area (Å²) in [5.74, 6) is 0.691. The van der Waals surface area contributed by atoms with Gasteiger partial charge >= 0.3 is 0 Å². The van der Waals surface area contributed by atoms with Crippen molar-refractivity contribution in [3.8, 4) is 5.75 Å². The van der Waals surface area contributed by atoms with Crippen LogP contribution in [0.4, 0.5) is 0 Å². The van der Waals surface area contributed by atoms with E-state index in [9.17, 15) is 9.59 Å². The second-order valence-electron chi connectivity index (χ2n) is 7.53. The monoisotopic (exact) mass is 379 g/mol. The van der Waals surface area contributed by atoms with Crippen LogP contribution < -0.4 is 10.1 Å². The van der Waals surface area contributed by atoms with Crippen molar-refractivity contribution in [2.45, 2.75) is 38.2 Å². The number of benzene rings is 1. The van der Waals surface area contributed by atoms with E-state index in [0.29, 0.717) is 25.2 Å². The van der Waals surface area contributed by atoms with Gasteiger partial charge in [0.15, 0.2) is 0 Å². The Morgan fingerprint density at radius 3 is 2.46 bits per heavy atom. The Bertz CT molecular complexity index is 840. The van der Waals surface area contributed by atoms with Gasteiger partial charge in [0.05, 0.1) is 17.2 Å². The summed E-state index contributed by atoms with van der Waals surface area (Å²) < 4.78 is 6.04. The number of hydrogen-bond donors (Lipinski definition) is 1. The molecule has 0 bridgehead atoms. The maximum Gasteiger partial charge on any atom is 0.255 e. The molecule has 3 heterocycles. The van der Waals surface area contributed by atoms with Gasteiger partial charge in [0.25, 0.3) is 5.91 Å². The number of amides is 2. The van der Waals surface area contributed by atoms with Gasteiger partial charge in [-0.3, -0.25) is 14.6 Å². The second-order valence-corrected chi connectivity index (χ2v) is 7.53. The molecule has 2 fully saturated rings. The van der Waals surface area contributed by atoms with E-state index in [2.05, 4.69) is 17.2 Å². The van der Waals surface area contributed by atoms with Gasteiger partial charge in [0, 0.05) is 38.7 Å². The normalized spacial score (nSPS) is 20.1. The molecule has 1 atom stereocenters. The van der Waals surface area contributed by atoms with Crippen LogP contribution in [0.3, 0.4) is 0 Å².